The summed E-state index contributed by atoms with van der Waals surface area (Å²) in [6.45, 7) is 6.37. The lowest BCUT2D eigenvalue weighted by Crippen LogP contribution is -2.32. The molecule has 0 radical (unpaired) electrons. The van der Waals surface area contributed by atoms with Crippen molar-refractivity contribution >= 4 is 17.3 Å². The number of nitrogens with zero attached hydrogens (tertiary/aromatic N) is 1. The normalized spacial score (nSPS) is 10.6. The van der Waals surface area contributed by atoms with Gasteiger partial charge in [0.05, 0.1) is 6.54 Å². The number of anilines is 2. The molecule has 4 nitrogen and oxygen atoms in total. The highest BCUT2D eigenvalue weighted by molar-refractivity contribution is 5.93. The minimum Gasteiger partial charge on any atom is -0.378 e. The van der Waals surface area contributed by atoms with Gasteiger partial charge in [0.2, 0.25) is 5.91 Å². The Hall–Kier alpha value is -1.55. The monoisotopic (exact) mass is 249 g/mol. The molecule has 0 spiro atoms. The van der Waals surface area contributed by atoms with E-state index in [1.165, 1.54) is 0 Å². The average Bonchev–Trinajstić information content (AvgIpc) is 2.29. The molecule has 0 aliphatic carbocycles. The minimum absolute atomic E-state index is 0.00981. The topological polar surface area (TPSA) is 44.4 Å². The van der Waals surface area contributed by atoms with Crippen LogP contribution in [-0.2, 0) is 4.79 Å². The van der Waals surface area contributed by atoms with Gasteiger partial charge in [-0.05, 0) is 30.7 Å². The van der Waals surface area contributed by atoms with Gasteiger partial charge in [-0.15, -0.1) is 0 Å². The van der Waals surface area contributed by atoms with Gasteiger partial charge in [-0.3, -0.25) is 4.79 Å². The fraction of sp³-hybridized carbons (Fsp3) is 0.500. The zero-order valence-corrected chi connectivity index (χ0v) is 11.9. The highest BCUT2D eigenvalue weighted by Gasteiger charge is 2.06. The van der Waals surface area contributed by atoms with Gasteiger partial charge in [-0.2, -0.15) is 0 Å². The SMILES string of the molecule is Cc1cc(N(C)C)ccc1NC(=O)CNC(C)C. The number of benzene rings is 1. The van der Waals surface area contributed by atoms with Crippen LogP contribution in [0.5, 0.6) is 0 Å². The Balaban J connectivity index is 2.65. The van der Waals surface area contributed by atoms with Gasteiger partial charge in [-0.1, -0.05) is 13.8 Å². The third-order valence-electron chi connectivity index (χ3n) is 2.67. The van der Waals surface area contributed by atoms with Crippen LogP contribution in [0.3, 0.4) is 0 Å². The van der Waals surface area contributed by atoms with Crippen molar-refractivity contribution in [3.8, 4) is 0 Å². The first-order valence-corrected chi connectivity index (χ1v) is 6.21. The van der Waals surface area contributed by atoms with Gasteiger partial charge in [-0.25, -0.2) is 0 Å². The average molecular weight is 249 g/mol. The van der Waals surface area contributed by atoms with Crippen LogP contribution < -0.4 is 15.5 Å². The predicted molar refractivity (Wildman–Crippen MR) is 77.3 cm³/mol. The number of hydrogen-bond acceptors (Lipinski definition) is 3. The van der Waals surface area contributed by atoms with Gasteiger partial charge < -0.3 is 15.5 Å². The van der Waals surface area contributed by atoms with Crippen LogP contribution in [0.2, 0.25) is 0 Å². The summed E-state index contributed by atoms with van der Waals surface area (Å²) in [6.07, 6.45) is 0. The number of hydrogen-bond donors (Lipinski definition) is 2. The second-order valence-electron chi connectivity index (χ2n) is 4.98. The molecule has 0 aliphatic rings. The lowest BCUT2D eigenvalue weighted by Gasteiger charge is -2.16. The molecule has 4 heteroatoms. The molecule has 0 fully saturated rings. The van der Waals surface area contributed by atoms with E-state index >= 15 is 0 Å². The van der Waals surface area contributed by atoms with E-state index in [9.17, 15) is 4.79 Å². The first-order chi connectivity index (χ1) is 8.40. The van der Waals surface area contributed by atoms with Gasteiger partial charge in [0.25, 0.3) is 0 Å². The molecule has 1 aromatic carbocycles. The summed E-state index contributed by atoms with van der Waals surface area (Å²) in [6, 6.07) is 6.31. The third-order valence-corrected chi connectivity index (χ3v) is 2.67. The van der Waals surface area contributed by atoms with Gasteiger partial charge in [0.1, 0.15) is 0 Å². The van der Waals surface area contributed by atoms with Crippen molar-refractivity contribution in [2.75, 3.05) is 30.9 Å². The van der Waals surface area contributed by atoms with Crippen LogP contribution in [0.15, 0.2) is 18.2 Å². The van der Waals surface area contributed by atoms with Crippen molar-refractivity contribution in [1.29, 1.82) is 0 Å². The fourth-order valence-corrected chi connectivity index (χ4v) is 1.56. The Bertz CT molecular complexity index is 414. The first kappa shape index (κ1) is 14.5. The van der Waals surface area contributed by atoms with E-state index in [4.69, 9.17) is 0 Å². The molecule has 0 saturated heterocycles. The molecule has 0 heterocycles. The Morgan fingerprint density at radius 1 is 1.33 bits per heavy atom. The largest absolute Gasteiger partial charge is 0.378 e. The summed E-state index contributed by atoms with van der Waals surface area (Å²) in [5, 5.41) is 6.01. The Labute approximate surface area is 109 Å². The molecule has 100 valence electrons. The van der Waals surface area contributed by atoms with Crippen LogP contribution in [0.4, 0.5) is 11.4 Å². The second kappa shape index (κ2) is 6.40. The smallest absolute Gasteiger partial charge is 0.238 e. The van der Waals surface area contributed by atoms with Gasteiger partial charge in [0, 0.05) is 31.5 Å². The molecule has 2 N–H and O–H groups in total. The molecule has 1 aromatic rings. The maximum atomic E-state index is 11.7. The number of carbonyl (C=O) groups is 1. The van der Waals surface area contributed by atoms with Crippen LogP contribution in [0, 0.1) is 6.92 Å². The number of aryl methyl sites for hydroxylation is 1. The van der Waals surface area contributed by atoms with Crippen molar-refractivity contribution in [3.05, 3.63) is 23.8 Å². The molecule has 0 aliphatic heterocycles. The third kappa shape index (κ3) is 4.37. The first-order valence-electron chi connectivity index (χ1n) is 6.21. The Kier molecular flexibility index (Phi) is 5.16. The molecular weight excluding hydrogens is 226 g/mol. The lowest BCUT2D eigenvalue weighted by atomic mass is 10.1. The van der Waals surface area contributed by atoms with Crippen molar-refractivity contribution in [2.45, 2.75) is 26.8 Å². The number of nitrogens with one attached hydrogen (secondary N) is 2. The van der Waals surface area contributed by atoms with Gasteiger partial charge in [0.15, 0.2) is 0 Å². The lowest BCUT2D eigenvalue weighted by molar-refractivity contribution is -0.115. The van der Waals surface area contributed by atoms with Crippen LogP contribution >= 0.6 is 0 Å². The number of amides is 1. The highest BCUT2D eigenvalue weighted by atomic mass is 16.1. The van der Waals surface area contributed by atoms with Gasteiger partial charge >= 0.3 is 0 Å². The summed E-state index contributed by atoms with van der Waals surface area (Å²) in [7, 11) is 4.00. The van der Waals surface area contributed by atoms with Crippen LogP contribution in [0.1, 0.15) is 19.4 Å². The summed E-state index contributed by atoms with van der Waals surface area (Å²) in [5.74, 6) is -0.00981. The molecule has 0 saturated carbocycles. The summed E-state index contributed by atoms with van der Waals surface area (Å²) >= 11 is 0. The molecule has 1 rings (SSSR count). The van der Waals surface area contributed by atoms with Crippen molar-refractivity contribution in [1.82, 2.24) is 5.32 Å². The van der Waals surface area contributed by atoms with Crippen molar-refractivity contribution in [3.63, 3.8) is 0 Å². The van der Waals surface area contributed by atoms with E-state index in [-0.39, 0.29) is 5.91 Å². The zero-order chi connectivity index (χ0) is 13.7. The predicted octanol–water partition coefficient (Wildman–Crippen LogP) is 2.00. The maximum absolute atomic E-state index is 11.7. The Morgan fingerprint density at radius 2 is 2.00 bits per heavy atom. The highest BCUT2D eigenvalue weighted by Crippen LogP contribution is 2.21. The zero-order valence-electron chi connectivity index (χ0n) is 11.9. The Morgan fingerprint density at radius 3 is 2.50 bits per heavy atom. The standard InChI is InChI=1S/C14H23N3O/c1-10(2)15-9-14(18)16-13-7-6-12(17(4)5)8-11(13)3/h6-8,10,15H,9H2,1-5H3,(H,16,18). The van der Waals surface area contributed by atoms with Crippen molar-refractivity contribution < 1.29 is 4.79 Å². The van der Waals surface area contributed by atoms with Crippen molar-refractivity contribution in [2.24, 2.45) is 0 Å². The molecular formula is C14H23N3O. The molecule has 0 unspecified atom stereocenters. The molecule has 0 aromatic heterocycles. The van der Waals surface area contributed by atoms with E-state index in [2.05, 4.69) is 16.7 Å². The van der Waals surface area contributed by atoms with E-state index in [1.807, 2.05) is 51.9 Å². The van der Waals surface area contributed by atoms with Crippen LogP contribution in [0.25, 0.3) is 0 Å². The fourth-order valence-electron chi connectivity index (χ4n) is 1.56. The van der Waals surface area contributed by atoms with E-state index in [0.29, 0.717) is 12.6 Å². The van der Waals surface area contributed by atoms with E-state index < -0.39 is 0 Å². The second-order valence-corrected chi connectivity index (χ2v) is 4.98. The quantitative estimate of drug-likeness (QED) is 0.839. The summed E-state index contributed by atoms with van der Waals surface area (Å²) < 4.78 is 0. The molecule has 18 heavy (non-hydrogen) atoms. The minimum atomic E-state index is -0.00981. The van der Waals surface area contributed by atoms with Crippen LogP contribution in [-0.4, -0.2) is 32.6 Å². The molecule has 0 atom stereocenters. The molecule has 0 bridgehead atoms. The summed E-state index contributed by atoms with van der Waals surface area (Å²) in [5.41, 5.74) is 3.07. The number of carbonyl (C=O) groups excluding carboxylic acids is 1. The van der Waals surface area contributed by atoms with E-state index in [0.717, 1.165) is 16.9 Å². The molecule has 1 amide bonds. The number of rotatable bonds is 5. The summed E-state index contributed by atoms with van der Waals surface area (Å²) in [4.78, 5) is 13.7. The maximum Gasteiger partial charge on any atom is 0.238 e. The van der Waals surface area contributed by atoms with E-state index in [1.54, 1.807) is 0 Å².